The average molecular weight is 340 g/mol. The van der Waals surface area contributed by atoms with Crippen molar-refractivity contribution in [2.45, 2.75) is 19.9 Å². The third-order valence-electron chi connectivity index (χ3n) is 3.79. The summed E-state index contributed by atoms with van der Waals surface area (Å²) in [6.45, 7) is 3.93. The number of anilines is 1. The molecular formula is C20H26N3O2+. The van der Waals surface area contributed by atoms with Gasteiger partial charge in [0.25, 0.3) is 11.8 Å². The summed E-state index contributed by atoms with van der Waals surface area (Å²) < 4.78 is 0. The Balaban J connectivity index is 1.86. The molecule has 2 aromatic carbocycles. The van der Waals surface area contributed by atoms with Gasteiger partial charge in [-0.2, -0.15) is 0 Å². The molecule has 0 saturated heterocycles. The summed E-state index contributed by atoms with van der Waals surface area (Å²) in [6.07, 6.45) is 0.942. The van der Waals surface area contributed by atoms with Crippen LogP contribution >= 0.6 is 0 Å². The van der Waals surface area contributed by atoms with Crippen LogP contribution in [-0.4, -0.2) is 32.0 Å². The van der Waals surface area contributed by atoms with Gasteiger partial charge in [-0.1, -0.05) is 37.3 Å². The standard InChI is InChI=1S/C20H25N3O2/c1-3-13-21-19(24)15-23(2)14-16-9-11-17(12-10-16)20(25)22-18-7-5-4-6-8-18/h4-12H,3,13-15H2,1-2H3,(H,21,24)(H,22,25)/p+1. The molecule has 0 heterocycles. The van der Waals surface area contributed by atoms with Crippen molar-refractivity contribution in [3.8, 4) is 0 Å². The fraction of sp³-hybridized carbons (Fsp3) is 0.300. The van der Waals surface area contributed by atoms with Crippen molar-refractivity contribution in [2.24, 2.45) is 0 Å². The van der Waals surface area contributed by atoms with Crippen molar-refractivity contribution in [3.05, 3.63) is 65.7 Å². The fourth-order valence-corrected chi connectivity index (χ4v) is 2.51. The van der Waals surface area contributed by atoms with Gasteiger partial charge in [-0.15, -0.1) is 0 Å². The Bertz CT molecular complexity index is 684. The van der Waals surface area contributed by atoms with Crippen LogP contribution in [0.5, 0.6) is 0 Å². The Morgan fingerprint density at radius 3 is 2.32 bits per heavy atom. The van der Waals surface area contributed by atoms with Crippen LogP contribution in [-0.2, 0) is 11.3 Å². The third kappa shape index (κ3) is 6.39. The molecule has 0 aromatic heterocycles. The van der Waals surface area contributed by atoms with E-state index in [1.165, 1.54) is 0 Å². The molecule has 5 nitrogen and oxygen atoms in total. The molecule has 0 radical (unpaired) electrons. The molecule has 0 bridgehead atoms. The molecule has 0 aliphatic rings. The highest BCUT2D eigenvalue weighted by Gasteiger charge is 2.11. The maximum atomic E-state index is 12.2. The highest BCUT2D eigenvalue weighted by molar-refractivity contribution is 6.04. The number of carbonyl (C=O) groups is 2. The number of amides is 2. The maximum Gasteiger partial charge on any atom is 0.275 e. The number of likely N-dealkylation sites (N-methyl/N-ethyl adjacent to an activating group) is 1. The molecule has 5 heteroatoms. The van der Waals surface area contributed by atoms with Crippen LogP contribution in [0, 0.1) is 0 Å². The second-order valence-electron chi connectivity index (χ2n) is 6.18. The SMILES string of the molecule is CCCNC(=O)C[NH+](C)Cc1ccc(C(=O)Nc2ccccc2)cc1. The zero-order valence-corrected chi connectivity index (χ0v) is 14.8. The monoisotopic (exact) mass is 340 g/mol. The van der Waals surface area contributed by atoms with Crippen molar-refractivity contribution >= 4 is 17.5 Å². The van der Waals surface area contributed by atoms with Crippen LogP contribution in [0.2, 0.25) is 0 Å². The van der Waals surface area contributed by atoms with Gasteiger partial charge >= 0.3 is 0 Å². The number of quaternary nitrogens is 1. The van der Waals surface area contributed by atoms with Gasteiger partial charge in [0.2, 0.25) is 0 Å². The van der Waals surface area contributed by atoms with E-state index < -0.39 is 0 Å². The minimum atomic E-state index is -0.127. The lowest BCUT2D eigenvalue weighted by Crippen LogP contribution is -3.08. The van der Waals surface area contributed by atoms with E-state index in [9.17, 15) is 9.59 Å². The summed E-state index contributed by atoms with van der Waals surface area (Å²) in [5.41, 5.74) is 2.49. The molecule has 2 rings (SSSR count). The number of nitrogens with one attached hydrogen (secondary N) is 3. The summed E-state index contributed by atoms with van der Waals surface area (Å²) in [4.78, 5) is 25.1. The number of benzene rings is 2. The van der Waals surface area contributed by atoms with Crippen LogP contribution in [0.15, 0.2) is 54.6 Å². The Hall–Kier alpha value is -2.66. The van der Waals surface area contributed by atoms with E-state index in [-0.39, 0.29) is 11.8 Å². The molecule has 0 fully saturated rings. The second-order valence-corrected chi connectivity index (χ2v) is 6.18. The summed E-state index contributed by atoms with van der Waals surface area (Å²) in [5.74, 6) is -0.0596. The lowest BCUT2D eigenvalue weighted by molar-refractivity contribution is -0.885. The average Bonchev–Trinajstić information content (AvgIpc) is 2.61. The highest BCUT2D eigenvalue weighted by Crippen LogP contribution is 2.09. The first-order chi connectivity index (χ1) is 12.1. The summed E-state index contributed by atoms with van der Waals surface area (Å²) in [5, 5.41) is 5.75. The Kier molecular flexibility index (Phi) is 7.16. The van der Waals surface area contributed by atoms with Crippen molar-refractivity contribution < 1.29 is 14.5 Å². The Morgan fingerprint density at radius 1 is 1.00 bits per heavy atom. The summed E-state index contributed by atoms with van der Waals surface area (Å²) in [7, 11) is 1.99. The van der Waals surface area contributed by atoms with E-state index in [0.29, 0.717) is 12.1 Å². The molecule has 0 aliphatic heterocycles. The molecular weight excluding hydrogens is 314 g/mol. The van der Waals surface area contributed by atoms with Gasteiger partial charge in [-0.3, -0.25) is 9.59 Å². The highest BCUT2D eigenvalue weighted by atomic mass is 16.2. The molecule has 0 aliphatic carbocycles. The fourth-order valence-electron chi connectivity index (χ4n) is 2.51. The van der Waals surface area contributed by atoms with Crippen LogP contribution in [0.1, 0.15) is 29.3 Å². The normalized spacial score (nSPS) is 11.6. The van der Waals surface area contributed by atoms with Crippen molar-refractivity contribution in [1.82, 2.24) is 5.32 Å². The summed E-state index contributed by atoms with van der Waals surface area (Å²) >= 11 is 0. The van der Waals surface area contributed by atoms with Crippen LogP contribution in [0.3, 0.4) is 0 Å². The number of hydrogen-bond acceptors (Lipinski definition) is 2. The van der Waals surface area contributed by atoms with E-state index >= 15 is 0 Å². The van der Waals surface area contributed by atoms with E-state index in [0.717, 1.165) is 35.7 Å². The van der Waals surface area contributed by atoms with E-state index in [1.54, 1.807) is 0 Å². The molecule has 0 spiro atoms. The van der Waals surface area contributed by atoms with Crippen molar-refractivity contribution in [3.63, 3.8) is 0 Å². The summed E-state index contributed by atoms with van der Waals surface area (Å²) in [6, 6.07) is 16.9. The largest absolute Gasteiger partial charge is 0.351 e. The quantitative estimate of drug-likeness (QED) is 0.682. The minimum absolute atomic E-state index is 0.0678. The van der Waals surface area contributed by atoms with Gasteiger partial charge in [0.15, 0.2) is 6.54 Å². The van der Waals surface area contributed by atoms with Crippen molar-refractivity contribution in [2.75, 3.05) is 25.5 Å². The number of rotatable bonds is 8. The molecule has 0 saturated carbocycles. The van der Waals surface area contributed by atoms with Crippen LogP contribution in [0.4, 0.5) is 5.69 Å². The van der Waals surface area contributed by atoms with E-state index in [2.05, 4.69) is 10.6 Å². The van der Waals surface area contributed by atoms with E-state index in [1.807, 2.05) is 68.6 Å². The van der Waals surface area contributed by atoms with E-state index in [4.69, 9.17) is 0 Å². The van der Waals surface area contributed by atoms with Gasteiger partial charge in [-0.25, -0.2) is 0 Å². The topological polar surface area (TPSA) is 62.6 Å². The molecule has 132 valence electrons. The predicted octanol–water partition coefficient (Wildman–Crippen LogP) is 1.48. The Labute approximate surface area is 149 Å². The third-order valence-corrected chi connectivity index (χ3v) is 3.79. The van der Waals surface area contributed by atoms with Gasteiger partial charge in [0.05, 0.1) is 7.05 Å². The number of para-hydroxylation sites is 1. The lowest BCUT2D eigenvalue weighted by atomic mass is 10.1. The van der Waals surface area contributed by atoms with Crippen LogP contribution < -0.4 is 15.5 Å². The lowest BCUT2D eigenvalue weighted by Gasteiger charge is -2.14. The van der Waals surface area contributed by atoms with Gasteiger partial charge in [0.1, 0.15) is 6.54 Å². The van der Waals surface area contributed by atoms with Gasteiger partial charge in [0, 0.05) is 23.4 Å². The molecule has 1 atom stereocenters. The minimum Gasteiger partial charge on any atom is -0.351 e. The zero-order valence-electron chi connectivity index (χ0n) is 14.8. The maximum absolute atomic E-state index is 12.2. The molecule has 2 aromatic rings. The first-order valence-electron chi connectivity index (χ1n) is 8.62. The predicted molar refractivity (Wildman–Crippen MR) is 99.6 cm³/mol. The first-order valence-corrected chi connectivity index (χ1v) is 8.62. The van der Waals surface area contributed by atoms with Gasteiger partial charge in [-0.05, 0) is 30.7 Å². The van der Waals surface area contributed by atoms with Crippen LogP contribution in [0.25, 0.3) is 0 Å². The van der Waals surface area contributed by atoms with Crippen molar-refractivity contribution in [1.29, 1.82) is 0 Å². The molecule has 2 amide bonds. The molecule has 3 N–H and O–H groups in total. The number of hydrogen-bond donors (Lipinski definition) is 3. The smallest absolute Gasteiger partial charge is 0.275 e. The molecule has 1 unspecified atom stereocenters. The molecule has 25 heavy (non-hydrogen) atoms. The Morgan fingerprint density at radius 2 is 1.68 bits per heavy atom. The second kappa shape index (κ2) is 9.59. The zero-order chi connectivity index (χ0) is 18.1. The van der Waals surface area contributed by atoms with Gasteiger partial charge < -0.3 is 15.5 Å². The first kappa shape index (κ1) is 18.7. The number of carbonyl (C=O) groups excluding carboxylic acids is 2.